The van der Waals surface area contributed by atoms with Gasteiger partial charge in [-0.1, -0.05) is 6.07 Å². The summed E-state index contributed by atoms with van der Waals surface area (Å²) in [5, 5.41) is 3.16. The molecule has 0 unspecified atom stereocenters. The Kier molecular flexibility index (Phi) is 3.85. The van der Waals surface area contributed by atoms with Crippen molar-refractivity contribution in [2.45, 2.75) is 13.3 Å². The second kappa shape index (κ2) is 5.56. The van der Waals surface area contributed by atoms with E-state index in [-0.39, 0.29) is 5.82 Å². The van der Waals surface area contributed by atoms with E-state index in [0.717, 1.165) is 17.5 Å². The molecular formula is C14H17FN4. The van der Waals surface area contributed by atoms with Crippen molar-refractivity contribution in [1.82, 2.24) is 4.98 Å². The highest BCUT2D eigenvalue weighted by atomic mass is 19.1. The van der Waals surface area contributed by atoms with Gasteiger partial charge < -0.3 is 16.8 Å². The SMILES string of the molecule is Cc1cc(F)ccc1CCNc1ccc(N)c(N)n1. The fourth-order valence-corrected chi connectivity index (χ4v) is 1.85. The molecule has 0 aliphatic heterocycles. The molecule has 0 spiro atoms. The first-order valence-electron chi connectivity index (χ1n) is 6.07. The standard InChI is InChI=1S/C14H17FN4/c1-9-8-11(15)3-2-10(9)6-7-18-13-5-4-12(16)14(17)19-13/h2-5,8H,6-7,16H2,1H3,(H3,17,18,19). The van der Waals surface area contributed by atoms with Crippen molar-refractivity contribution in [3.8, 4) is 0 Å². The van der Waals surface area contributed by atoms with Crippen molar-refractivity contribution in [1.29, 1.82) is 0 Å². The molecule has 0 radical (unpaired) electrons. The van der Waals surface area contributed by atoms with Gasteiger partial charge in [0, 0.05) is 6.54 Å². The number of pyridine rings is 1. The zero-order valence-corrected chi connectivity index (χ0v) is 10.8. The molecule has 0 saturated carbocycles. The number of hydrogen-bond donors (Lipinski definition) is 3. The van der Waals surface area contributed by atoms with Gasteiger partial charge in [-0.25, -0.2) is 9.37 Å². The lowest BCUT2D eigenvalue weighted by molar-refractivity contribution is 0.625. The van der Waals surface area contributed by atoms with Crippen LogP contribution < -0.4 is 16.8 Å². The highest BCUT2D eigenvalue weighted by Crippen LogP contribution is 2.15. The van der Waals surface area contributed by atoms with E-state index >= 15 is 0 Å². The van der Waals surface area contributed by atoms with E-state index in [9.17, 15) is 4.39 Å². The summed E-state index contributed by atoms with van der Waals surface area (Å²) in [5.41, 5.74) is 13.7. The Bertz CT molecular complexity index is 584. The molecule has 4 nitrogen and oxygen atoms in total. The summed E-state index contributed by atoms with van der Waals surface area (Å²) < 4.78 is 13.0. The Balaban J connectivity index is 1.94. The van der Waals surface area contributed by atoms with Gasteiger partial charge >= 0.3 is 0 Å². The van der Waals surface area contributed by atoms with E-state index in [0.29, 0.717) is 23.9 Å². The molecule has 0 atom stereocenters. The summed E-state index contributed by atoms with van der Waals surface area (Å²) >= 11 is 0. The van der Waals surface area contributed by atoms with Crippen LogP contribution in [0.2, 0.25) is 0 Å². The average Bonchev–Trinajstić information content (AvgIpc) is 2.36. The minimum atomic E-state index is -0.206. The van der Waals surface area contributed by atoms with Gasteiger partial charge in [0.1, 0.15) is 17.5 Å². The van der Waals surface area contributed by atoms with Crippen molar-refractivity contribution in [2.24, 2.45) is 0 Å². The molecular weight excluding hydrogens is 243 g/mol. The van der Waals surface area contributed by atoms with Crippen LogP contribution in [0.25, 0.3) is 0 Å². The first-order valence-corrected chi connectivity index (χ1v) is 6.07. The largest absolute Gasteiger partial charge is 0.396 e. The van der Waals surface area contributed by atoms with Gasteiger partial charge in [0.25, 0.3) is 0 Å². The van der Waals surface area contributed by atoms with Crippen LogP contribution in [0.15, 0.2) is 30.3 Å². The molecule has 0 amide bonds. The topological polar surface area (TPSA) is 77.0 Å². The Hall–Kier alpha value is -2.30. The Morgan fingerprint density at radius 3 is 2.68 bits per heavy atom. The number of nitrogen functional groups attached to an aromatic ring is 2. The number of aromatic nitrogens is 1. The lowest BCUT2D eigenvalue weighted by Gasteiger charge is -2.09. The van der Waals surface area contributed by atoms with E-state index in [1.807, 2.05) is 6.92 Å². The molecule has 5 heteroatoms. The molecule has 0 aliphatic carbocycles. The Morgan fingerprint density at radius 1 is 1.21 bits per heavy atom. The van der Waals surface area contributed by atoms with Crippen molar-refractivity contribution < 1.29 is 4.39 Å². The number of nitrogens with two attached hydrogens (primary N) is 2. The highest BCUT2D eigenvalue weighted by Gasteiger charge is 2.02. The average molecular weight is 260 g/mol. The zero-order chi connectivity index (χ0) is 13.8. The maximum atomic E-state index is 13.0. The Labute approximate surface area is 111 Å². The number of benzene rings is 1. The fraction of sp³-hybridized carbons (Fsp3) is 0.214. The van der Waals surface area contributed by atoms with E-state index in [1.54, 1.807) is 18.2 Å². The number of rotatable bonds is 4. The molecule has 0 bridgehead atoms. The molecule has 100 valence electrons. The van der Waals surface area contributed by atoms with E-state index in [2.05, 4.69) is 10.3 Å². The van der Waals surface area contributed by atoms with Gasteiger partial charge in [-0.2, -0.15) is 0 Å². The lowest BCUT2D eigenvalue weighted by atomic mass is 10.1. The van der Waals surface area contributed by atoms with Crippen LogP contribution in [0.5, 0.6) is 0 Å². The monoisotopic (exact) mass is 260 g/mol. The maximum absolute atomic E-state index is 13.0. The van der Waals surface area contributed by atoms with Crippen LogP contribution in [0.1, 0.15) is 11.1 Å². The van der Waals surface area contributed by atoms with Gasteiger partial charge in [-0.3, -0.25) is 0 Å². The Morgan fingerprint density at radius 2 is 2.00 bits per heavy atom. The third-order valence-electron chi connectivity index (χ3n) is 2.96. The summed E-state index contributed by atoms with van der Waals surface area (Å²) in [6.45, 7) is 2.60. The van der Waals surface area contributed by atoms with Crippen LogP contribution in [-0.4, -0.2) is 11.5 Å². The molecule has 19 heavy (non-hydrogen) atoms. The number of nitrogens with one attached hydrogen (secondary N) is 1. The summed E-state index contributed by atoms with van der Waals surface area (Å²) in [5.74, 6) is 0.802. The first-order chi connectivity index (χ1) is 9.06. The molecule has 1 heterocycles. The minimum Gasteiger partial charge on any atom is -0.396 e. The summed E-state index contributed by atoms with van der Waals surface area (Å²) in [6, 6.07) is 8.31. The smallest absolute Gasteiger partial charge is 0.149 e. The van der Waals surface area contributed by atoms with Gasteiger partial charge in [-0.15, -0.1) is 0 Å². The zero-order valence-electron chi connectivity index (χ0n) is 10.8. The summed E-state index contributed by atoms with van der Waals surface area (Å²) in [4.78, 5) is 4.12. The van der Waals surface area contributed by atoms with Crippen LogP contribution in [0.3, 0.4) is 0 Å². The predicted octanol–water partition coefficient (Wildman–Crippen LogP) is 2.35. The van der Waals surface area contributed by atoms with Crippen LogP contribution in [0.4, 0.5) is 21.7 Å². The van der Waals surface area contributed by atoms with Crippen molar-refractivity contribution >= 4 is 17.3 Å². The van der Waals surface area contributed by atoms with E-state index < -0.39 is 0 Å². The molecule has 2 aromatic rings. The quantitative estimate of drug-likeness (QED) is 0.788. The summed E-state index contributed by atoms with van der Waals surface area (Å²) in [6.07, 6.45) is 0.790. The first kappa shape index (κ1) is 13.1. The lowest BCUT2D eigenvalue weighted by Crippen LogP contribution is -2.08. The molecule has 1 aromatic heterocycles. The van der Waals surface area contributed by atoms with Crippen LogP contribution >= 0.6 is 0 Å². The highest BCUT2D eigenvalue weighted by molar-refractivity contribution is 5.61. The van der Waals surface area contributed by atoms with E-state index in [1.165, 1.54) is 12.1 Å². The third-order valence-corrected chi connectivity index (χ3v) is 2.96. The number of hydrogen-bond acceptors (Lipinski definition) is 4. The minimum absolute atomic E-state index is 0.206. The number of aryl methyl sites for hydroxylation is 1. The van der Waals surface area contributed by atoms with Gasteiger partial charge in [0.15, 0.2) is 0 Å². The van der Waals surface area contributed by atoms with Crippen molar-refractivity contribution in [3.63, 3.8) is 0 Å². The fourth-order valence-electron chi connectivity index (χ4n) is 1.85. The molecule has 0 fully saturated rings. The molecule has 0 aliphatic rings. The predicted molar refractivity (Wildman–Crippen MR) is 76.4 cm³/mol. The van der Waals surface area contributed by atoms with Crippen LogP contribution in [-0.2, 0) is 6.42 Å². The van der Waals surface area contributed by atoms with Crippen LogP contribution in [0, 0.1) is 12.7 Å². The maximum Gasteiger partial charge on any atom is 0.149 e. The van der Waals surface area contributed by atoms with Gasteiger partial charge in [0.05, 0.1) is 5.69 Å². The molecule has 2 rings (SSSR count). The van der Waals surface area contributed by atoms with Gasteiger partial charge in [-0.05, 0) is 48.7 Å². The molecule has 0 saturated heterocycles. The third kappa shape index (κ3) is 3.34. The van der Waals surface area contributed by atoms with E-state index in [4.69, 9.17) is 11.5 Å². The van der Waals surface area contributed by atoms with Crippen molar-refractivity contribution in [2.75, 3.05) is 23.3 Å². The number of halogens is 1. The van der Waals surface area contributed by atoms with Crippen molar-refractivity contribution in [3.05, 3.63) is 47.3 Å². The normalized spacial score (nSPS) is 10.4. The number of anilines is 3. The second-order valence-electron chi connectivity index (χ2n) is 4.42. The number of nitrogens with zero attached hydrogens (tertiary/aromatic N) is 1. The molecule has 1 aromatic carbocycles. The summed E-state index contributed by atoms with van der Waals surface area (Å²) in [7, 11) is 0. The van der Waals surface area contributed by atoms with Gasteiger partial charge in [0.2, 0.25) is 0 Å². The second-order valence-corrected chi connectivity index (χ2v) is 4.42. The molecule has 5 N–H and O–H groups in total.